The fraction of sp³-hybridized carbons (Fsp3) is 0.185. The molecule has 1 heterocycles. The summed E-state index contributed by atoms with van der Waals surface area (Å²) >= 11 is 0. The molecule has 4 rings (SSSR count). The number of anilines is 2. The summed E-state index contributed by atoms with van der Waals surface area (Å²) in [7, 11) is 1.56. The Bertz CT molecular complexity index is 1280. The predicted octanol–water partition coefficient (Wildman–Crippen LogP) is 3.74. The van der Waals surface area contributed by atoms with Crippen molar-refractivity contribution in [2.24, 2.45) is 0 Å². The van der Waals surface area contributed by atoms with Crippen LogP contribution in [0.2, 0.25) is 0 Å². The van der Waals surface area contributed by atoms with Crippen LogP contribution in [0.1, 0.15) is 29.3 Å². The summed E-state index contributed by atoms with van der Waals surface area (Å²) in [5.74, 6) is -0.633. The topological polar surface area (TPSA) is 117 Å². The molecule has 184 valence electrons. The van der Waals surface area contributed by atoms with E-state index < -0.39 is 29.9 Å². The van der Waals surface area contributed by atoms with Gasteiger partial charge in [0.1, 0.15) is 17.8 Å². The second-order valence-electron chi connectivity index (χ2n) is 8.25. The number of nitrogens with one attached hydrogen (secondary N) is 3. The number of ether oxygens (including phenoxy) is 1. The van der Waals surface area contributed by atoms with Gasteiger partial charge >= 0.3 is 6.03 Å². The molecule has 3 aromatic rings. The number of rotatable bonds is 8. The first-order chi connectivity index (χ1) is 17.4. The van der Waals surface area contributed by atoms with E-state index in [4.69, 9.17) is 4.74 Å². The quantitative estimate of drug-likeness (QED) is 0.420. The molecule has 0 bridgehead atoms. The maximum atomic E-state index is 13.2. The van der Waals surface area contributed by atoms with Crippen molar-refractivity contribution < 1.29 is 23.9 Å². The largest absolute Gasteiger partial charge is 0.497 e. The Hall–Kier alpha value is -4.66. The third kappa shape index (κ3) is 4.90. The molecule has 9 nitrogen and oxygen atoms in total. The van der Waals surface area contributed by atoms with Gasteiger partial charge in [0.15, 0.2) is 0 Å². The van der Waals surface area contributed by atoms with Gasteiger partial charge in [-0.15, -0.1) is 0 Å². The number of methoxy groups -OCH3 is 1. The molecule has 1 saturated heterocycles. The van der Waals surface area contributed by atoms with Crippen molar-refractivity contribution in [3.63, 3.8) is 0 Å². The molecule has 0 radical (unpaired) electrons. The zero-order chi connectivity index (χ0) is 25.7. The van der Waals surface area contributed by atoms with Gasteiger partial charge in [0, 0.05) is 16.9 Å². The van der Waals surface area contributed by atoms with E-state index >= 15 is 0 Å². The van der Waals surface area contributed by atoms with Gasteiger partial charge < -0.3 is 20.7 Å². The molecule has 5 amide bonds. The van der Waals surface area contributed by atoms with E-state index in [-0.39, 0.29) is 5.91 Å². The number of urea groups is 1. The Balaban J connectivity index is 1.37. The van der Waals surface area contributed by atoms with Gasteiger partial charge in [-0.25, -0.2) is 4.79 Å². The van der Waals surface area contributed by atoms with Gasteiger partial charge in [-0.05, 0) is 60.5 Å². The smallest absolute Gasteiger partial charge is 0.325 e. The number of imide groups is 1. The highest BCUT2D eigenvalue weighted by atomic mass is 16.5. The molecule has 0 aliphatic carbocycles. The van der Waals surface area contributed by atoms with E-state index in [1.54, 1.807) is 86.8 Å². The van der Waals surface area contributed by atoms with Crippen molar-refractivity contribution >= 4 is 35.1 Å². The summed E-state index contributed by atoms with van der Waals surface area (Å²) in [5, 5.41) is 8.20. The predicted molar refractivity (Wildman–Crippen MR) is 135 cm³/mol. The minimum absolute atomic E-state index is 0.311. The Morgan fingerprint density at radius 2 is 1.50 bits per heavy atom. The van der Waals surface area contributed by atoms with Crippen LogP contribution in [0.4, 0.5) is 16.2 Å². The number of hydrogen-bond donors (Lipinski definition) is 3. The van der Waals surface area contributed by atoms with Crippen LogP contribution in [0, 0.1) is 0 Å². The van der Waals surface area contributed by atoms with Gasteiger partial charge in [0.05, 0.1) is 7.11 Å². The molecule has 1 fully saturated rings. The van der Waals surface area contributed by atoms with Gasteiger partial charge in [-0.1, -0.05) is 37.3 Å². The molecule has 0 unspecified atom stereocenters. The zero-order valence-corrected chi connectivity index (χ0v) is 19.9. The SMILES string of the molecule is CC[C@]1(c2ccccc2)NC(=O)N(CC(=O)Nc2ccc(C(=O)Nc3ccc(OC)cc3)cc2)C1=O. The first-order valence-corrected chi connectivity index (χ1v) is 11.4. The minimum atomic E-state index is -1.20. The molecule has 3 N–H and O–H groups in total. The molecule has 0 aromatic heterocycles. The highest BCUT2D eigenvalue weighted by Crippen LogP contribution is 2.32. The molecule has 3 aromatic carbocycles. The van der Waals surface area contributed by atoms with Crippen molar-refractivity contribution in [1.82, 2.24) is 10.2 Å². The van der Waals surface area contributed by atoms with Crippen LogP contribution in [0.5, 0.6) is 5.75 Å². The lowest BCUT2D eigenvalue weighted by atomic mass is 9.87. The summed E-state index contributed by atoms with van der Waals surface area (Å²) in [6.45, 7) is 1.38. The first-order valence-electron chi connectivity index (χ1n) is 11.4. The highest BCUT2D eigenvalue weighted by Gasteiger charge is 2.51. The molecule has 1 aliphatic rings. The van der Waals surface area contributed by atoms with E-state index in [2.05, 4.69) is 16.0 Å². The number of hydrogen-bond acceptors (Lipinski definition) is 5. The summed E-state index contributed by atoms with van der Waals surface area (Å²) < 4.78 is 5.10. The van der Waals surface area contributed by atoms with Crippen molar-refractivity contribution in [1.29, 1.82) is 0 Å². The van der Waals surface area contributed by atoms with Crippen LogP contribution >= 0.6 is 0 Å². The van der Waals surface area contributed by atoms with Gasteiger partial charge in [-0.3, -0.25) is 19.3 Å². The molecule has 1 aliphatic heterocycles. The molecule has 36 heavy (non-hydrogen) atoms. The van der Waals surface area contributed by atoms with Crippen molar-refractivity contribution in [2.75, 3.05) is 24.3 Å². The van der Waals surface area contributed by atoms with Crippen LogP contribution in [-0.2, 0) is 15.1 Å². The first kappa shape index (κ1) is 24.5. The average molecular weight is 487 g/mol. The Morgan fingerprint density at radius 3 is 2.11 bits per heavy atom. The third-order valence-corrected chi connectivity index (χ3v) is 6.05. The van der Waals surface area contributed by atoms with Crippen LogP contribution in [-0.4, -0.2) is 42.3 Å². The number of amides is 5. The number of nitrogens with zero attached hydrogens (tertiary/aromatic N) is 1. The monoisotopic (exact) mass is 486 g/mol. The summed E-state index contributed by atoms with van der Waals surface area (Å²) in [5.41, 5.74) is 0.909. The molecular formula is C27H26N4O5. The van der Waals surface area contributed by atoms with Crippen LogP contribution in [0.3, 0.4) is 0 Å². The van der Waals surface area contributed by atoms with Crippen LogP contribution in [0.15, 0.2) is 78.9 Å². The van der Waals surface area contributed by atoms with Crippen molar-refractivity contribution in [3.05, 3.63) is 90.0 Å². The lowest BCUT2D eigenvalue weighted by Gasteiger charge is -2.25. The number of carbonyl (C=O) groups excluding carboxylic acids is 4. The zero-order valence-electron chi connectivity index (χ0n) is 19.9. The molecular weight excluding hydrogens is 460 g/mol. The van der Waals surface area contributed by atoms with E-state index in [1.165, 1.54) is 0 Å². The summed E-state index contributed by atoms with van der Waals surface area (Å²) in [6.07, 6.45) is 0.347. The average Bonchev–Trinajstić information content (AvgIpc) is 3.15. The fourth-order valence-electron chi connectivity index (χ4n) is 4.06. The lowest BCUT2D eigenvalue weighted by molar-refractivity contribution is -0.134. The molecule has 0 saturated carbocycles. The lowest BCUT2D eigenvalue weighted by Crippen LogP contribution is -2.44. The van der Waals surface area contributed by atoms with Gasteiger partial charge in [-0.2, -0.15) is 0 Å². The number of carbonyl (C=O) groups is 4. The van der Waals surface area contributed by atoms with E-state index in [9.17, 15) is 19.2 Å². The van der Waals surface area contributed by atoms with Crippen molar-refractivity contribution in [2.45, 2.75) is 18.9 Å². The third-order valence-electron chi connectivity index (χ3n) is 6.05. The highest BCUT2D eigenvalue weighted by molar-refractivity contribution is 6.10. The normalized spacial score (nSPS) is 16.9. The second kappa shape index (κ2) is 10.3. The Morgan fingerprint density at radius 1 is 0.889 bits per heavy atom. The maximum Gasteiger partial charge on any atom is 0.325 e. The second-order valence-corrected chi connectivity index (χ2v) is 8.25. The fourth-order valence-corrected chi connectivity index (χ4v) is 4.06. The van der Waals surface area contributed by atoms with Crippen LogP contribution < -0.4 is 20.7 Å². The van der Waals surface area contributed by atoms with E-state index in [0.29, 0.717) is 34.7 Å². The van der Waals surface area contributed by atoms with Gasteiger partial charge in [0.2, 0.25) is 5.91 Å². The molecule has 1 atom stereocenters. The summed E-state index contributed by atoms with van der Waals surface area (Å²) in [6, 6.07) is 21.6. The molecule has 9 heteroatoms. The minimum Gasteiger partial charge on any atom is -0.497 e. The van der Waals surface area contributed by atoms with E-state index in [1.807, 2.05) is 6.07 Å². The Kier molecular flexibility index (Phi) is 7.00. The standard InChI is InChI=1S/C27H26N4O5/c1-3-27(19-7-5-4-6-8-19)25(34)31(26(35)30-27)17-23(32)28-20-11-9-18(10-12-20)24(33)29-21-13-15-22(36-2)16-14-21/h4-16H,3,17H2,1-2H3,(H,28,32)(H,29,33)(H,30,35)/t27-/m1/s1. The summed E-state index contributed by atoms with van der Waals surface area (Å²) in [4.78, 5) is 51.8. The maximum absolute atomic E-state index is 13.2. The molecule has 0 spiro atoms. The van der Waals surface area contributed by atoms with E-state index in [0.717, 1.165) is 4.90 Å². The van der Waals surface area contributed by atoms with Crippen LogP contribution in [0.25, 0.3) is 0 Å². The Labute approximate surface area is 208 Å². The van der Waals surface area contributed by atoms with Gasteiger partial charge in [0.25, 0.3) is 11.8 Å². The van der Waals surface area contributed by atoms with Crippen molar-refractivity contribution in [3.8, 4) is 5.75 Å². The number of benzene rings is 3.